The number of cyclic esters (lactones) is 1. The van der Waals surface area contributed by atoms with Gasteiger partial charge in [-0.3, -0.25) is 39.3 Å². The van der Waals surface area contributed by atoms with Crippen LogP contribution in [0.15, 0.2) is 41.9 Å². The summed E-state index contributed by atoms with van der Waals surface area (Å²) in [7, 11) is 3.41. The van der Waals surface area contributed by atoms with Crippen molar-refractivity contribution in [3.8, 4) is 22.5 Å². The highest BCUT2D eigenvalue weighted by Crippen LogP contribution is 2.43. The molecule has 10 rings (SSSR count). The molecule has 4 amide bonds. The lowest BCUT2D eigenvalue weighted by Gasteiger charge is -2.37. The lowest BCUT2D eigenvalue weighted by molar-refractivity contribution is -0.155. The second kappa shape index (κ2) is 20.0. The number of aryl methyl sites for hydroxylation is 1. The number of hydrogen-bond donors (Lipinski definition) is 3. The first kappa shape index (κ1) is 49.4. The van der Waals surface area contributed by atoms with Gasteiger partial charge in [-0.25, -0.2) is 10.4 Å². The minimum atomic E-state index is -1.06. The van der Waals surface area contributed by atoms with Gasteiger partial charge >= 0.3 is 5.97 Å². The highest BCUT2D eigenvalue weighted by molar-refractivity contribution is 7.10. The van der Waals surface area contributed by atoms with Gasteiger partial charge in [0.05, 0.1) is 40.7 Å². The quantitative estimate of drug-likeness (QED) is 0.115. The summed E-state index contributed by atoms with van der Waals surface area (Å²) >= 11 is 1.44. The molecule has 0 unspecified atom stereocenters. The van der Waals surface area contributed by atoms with E-state index in [-0.39, 0.29) is 66.8 Å². The molecule has 3 saturated heterocycles. The summed E-state index contributed by atoms with van der Waals surface area (Å²) < 4.78 is 14.3. The highest BCUT2D eigenvalue weighted by atomic mass is 32.1. The van der Waals surface area contributed by atoms with Gasteiger partial charge in [0.1, 0.15) is 24.2 Å². The van der Waals surface area contributed by atoms with E-state index in [1.807, 2.05) is 30.2 Å². The summed E-state index contributed by atoms with van der Waals surface area (Å²) in [5.41, 5.74) is 9.40. The lowest BCUT2D eigenvalue weighted by atomic mass is 9.84. The van der Waals surface area contributed by atoms with E-state index in [2.05, 4.69) is 65.7 Å². The zero-order valence-electron chi connectivity index (χ0n) is 42.4. The van der Waals surface area contributed by atoms with Gasteiger partial charge in [0.2, 0.25) is 17.7 Å². The smallest absolute Gasteiger partial charge is 0.324 e. The molecule has 2 saturated carbocycles. The Kier molecular flexibility index (Phi) is 13.9. The van der Waals surface area contributed by atoms with Crippen LogP contribution >= 0.6 is 11.3 Å². The maximum Gasteiger partial charge on any atom is 0.324 e. The lowest BCUT2D eigenvalue weighted by Crippen LogP contribution is -2.62. The number of nitrogens with one attached hydrogen (secondary N) is 3. The maximum absolute atomic E-state index is 15.0. The molecule has 6 bridgehead atoms. The molecule has 16 nitrogen and oxygen atoms in total. The molecule has 5 fully saturated rings. The third-order valence-corrected chi connectivity index (χ3v) is 17.3. The summed E-state index contributed by atoms with van der Waals surface area (Å²) in [5, 5.41) is 11.7. The van der Waals surface area contributed by atoms with Crippen LogP contribution in [-0.2, 0) is 52.8 Å². The Morgan fingerprint density at radius 1 is 1.06 bits per heavy atom. The second-order valence-electron chi connectivity index (χ2n) is 21.9. The molecule has 0 radical (unpaired) electrons. The number of hydrogen-bond acceptors (Lipinski definition) is 12. The summed E-state index contributed by atoms with van der Waals surface area (Å²) in [6, 6.07) is 7.62. The zero-order chi connectivity index (χ0) is 49.9. The number of fused-ring (bicyclic) bond motifs is 6. The largest absolute Gasteiger partial charge is 0.464 e. The first-order valence-corrected chi connectivity index (χ1v) is 27.0. The van der Waals surface area contributed by atoms with Crippen LogP contribution in [0, 0.1) is 23.2 Å². The zero-order valence-corrected chi connectivity index (χ0v) is 43.2. The van der Waals surface area contributed by atoms with E-state index in [0.717, 1.165) is 83.2 Å². The molecule has 2 aliphatic carbocycles. The Balaban J connectivity index is 0.972. The minimum Gasteiger partial charge on any atom is -0.464 e. The summed E-state index contributed by atoms with van der Waals surface area (Å²) in [4.78, 5) is 85.5. The van der Waals surface area contributed by atoms with E-state index in [0.29, 0.717) is 56.2 Å². The van der Waals surface area contributed by atoms with Crippen LogP contribution < -0.4 is 16.1 Å². The fraction of sp³-hybridized carbons (Fsp3) is 0.611. The number of amides is 4. The first-order chi connectivity index (χ1) is 34.2. The van der Waals surface area contributed by atoms with Gasteiger partial charge in [-0.15, -0.1) is 11.3 Å². The second-order valence-corrected chi connectivity index (χ2v) is 22.8. The number of esters is 1. The number of hydrazine groups is 1. The standard InChI is InChI=1S/C54H71N9O7S/c1-8-61-42-20-19-34-25-37(42)38(48(61)36-15-11-22-55-44(36)31(3)69-7)27-54(4,5)29-70-53(68)39-16-12-23-63(59-39)51(66)40(26-43-56-41(34)28-71-43)57-49(64)47(33-13-9-10-14-33)60(6)50(65)35-21-24-62(30(35)2)52(67)46-45(58-46)32-17-18-32/h11,15,19-20,22,25,28,30-33,35,39-40,45-47,58-59H,8-10,12-14,16-18,21,23-24,26-27,29H2,1-7H3,(H,57,64)/t30-,31-,35+,39-,40-,45+,46+,47-/m0/s1. The number of benzene rings is 1. The predicted molar refractivity (Wildman–Crippen MR) is 271 cm³/mol. The van der Waals surface area contributed by atoms with Crippen molar-refractivity contribution < 1.29 is 33.4 Å². The Labute approximate surface area is 420 Å². The number of rotatable bonds is 11. The first-order valence-electron chi connectivity index (χ1n) is 26.1. The van der Waals surface area contributed by atoms with Crippen LogP contribution in [0.5, 0.6) is 0 Å². The number of nitrogens with zero attached hydrogens (tertiary/aromatic N) is 6. The summed E-state index contributed by atoms with van der Waals surface area (Å²) in [6.07, 6.45) is 9.56. The van der Waals surface area contributed by atoms with Crippen LogP contribution in [0.1, 0.15) is 115 Å². The Morgan fingerprint density at radius 3 is 2.59 bits per heavy atom. The molecule has 7 heterocycles. The van der Waals surface area contributed by atoms with Crippen LogP contribution in [0.25, 0.3) is 33.4 Å². The molecule has 8 atom stereocenters. The van der Waals surface area contributed by atoms with Crippen LogP contribution in [-0.4, -0.2) is 129 Å². The van der Waals surface area contributed by atoms with E-state index in [1.54, 1.807) is 25.3 Å². The van der Waals surface area contributed by atoms with Crippen LogP contribution in [0.4, 0.5) is 0 Å². The van der Waals surface area contributed by atoms with Crippen molar-refractivity contribution in [2.24, 2.45) is 23.2 Å². The predicted octanol–water partition coefficient (Wildman–Crippen LogP) is 6.21. The van der Waals surface area contributed by atoms with E-state index in [4.69, 9.17) is 19.4 Å². The number of methoxy groups -OCH3 is 1. The van der Waals surface area contributed by atoms with Crippen molar-refractivity contribution in [1.82, 2.24) is 45.4 Å². The minimum absolute atomic E-state index is 0.0698. The number of carbonyl (C=O) groups is 5. The number of pyridine rings is 1. The molecule has 4 aliphatic heterocycles. The van der Waals surface area contributed by atoms with Crippen molar-refractivity contribution in [3.05, 3.63) is 58.2 Å². The number of likely N-dealkylation sites (N-methyl/N-ethyl adjacent to an activating group) is 1. The molecule has 17 heteroatoms. The molecular weight excluding hydrogens is 919 g/mol. The molecule has 1 aromatic carbocycles. The number of ether oxygens (including phenoxy) is 2. The third-order valence-electron chi connectivity index (χ3n) is 16.4. The molecule has 4 aromatic rings. The average Bonchev–Trinajstić information content (AvgIpc) is 4.17. The summed E-state index contributed by atoms with van der Waals surface area (Å²) in [6.45, 7) is 12.0. The van der Waals surface area contributed by atoms with Crippen molar-refractivity contribution in [2.45, 2.75) is 154 Å². The topological polar surface area (TPSA) is 190 Å². The summed E-state index contributed by atoms with van der Waals surface area (Å²) in [5.74, 6) is -1.27. The Bertz CT molecular complexity index is 2690. The van der Waals surface area contributed by atoms with Gasteiger partial charge in [-0.05, 0) is 114 Å². The van der Waals surface area contributed by atoms with Crippen molar-refractivity contribution >= 4 is 51.8 Å². The van der Waals surface area contributed by atoms with E-state index in [9.17, 15) is 19.2 Å². The third kappa shape index (κ3) is 9.75. The molecule has 71 heavy (non-hydrogen) atoms. The number of thiazole rings is 1. The molecule has 3 aromatic heterocycles. The van der Waals surface area contributed by atoms with Gasteiger partial charge in [-0.1, -0.05) is 32.8 Å². The molecule has 6 aliphatic rings. The van der Waals surface area contributed by atoms with Gasteiger partial charge < -0.3 is 29.2 Å². The van der Waals surface area contributed by atoms with E-state index >= 15 is 4.79 Å². The Hall–Kier alpha value is -5.23. The van der Waals surface area contributed by atoms with Gasteiger partial charge in [0, 0.05) is 91.3 Å². The molecular formula is C54H71N9O7S. The van der Waals surface area contributed by atoms with Crippen molar-refractivity contribution in [1.29, 1.82) is 0 Å². The normalized spacial score (nSPS) is 26.7. The SMILES string of the molecule is CCn1c(-c2cccnc2[C@H](C)OC)c2c3cc(ccc31)-c1csc(n1)C[C@H](NC(=O)[C@H](C1CCCC1)N(C)C(=O)[C@@H]1CCN(C(=O)[C@@H]3N[C@@H]3C3CC3)[C@H]1C)C(=O)N1CCC[C@H](N1)C(=O)OCC(C)(C)C2. The number of aromatic nitrogens is 3. The van der Waals surface area contributed by atoms with Gasteiger partial charge in [0.15, 0.2) is 0 Å². The fourth-order valence-corrected chi connectivity index (χ4v) is 13.0. The Morgan fingerprint density at radius 2 is 1.85 bits per heavy atom. The molecule has 0 spiro atoms. The van der Waals surface area contributed by atoms with Gasteiger partial charge in [-0.2, -0.15) is 0 Å². The monoisotopic (exact) mass is 990 g/mol. The number of carbonyl (C=O) groups excluding carboxylic acids is 5. The van der Waals surface area contributed by atoms with Crippen molar-refractivity contribution in [3.63, 3.8) is 0 Å². The fourth-order valence-electron chi connectivity index (χ4n) is 12.2. The number of likely N-dealkylation sites (tertiary alicyclic amines) is 1. The van der Waals surface area contributed by atoms with E-state index in [1.165, 1.54) is 16.3 Å². The molecule has 380 valence electrons. The van der Waals surface area contributed by atoms with E-state index < -0.39 is 35.4 Å². The van der Waals surface area contributed by atoms with Gasteiger partial charge in [0.25, 0.3) is 5.91 Å². The highest BCUT2D eigenvalue weighted by Gasteiger charge is 2.54. The van der Waals surface area contributed by atoms with Crippen LogP contribution in [0.3, 0.4) is 0 Å². The molecule has 3 N–H and O–H groups in total. The average molecular weight is 990 g/mol. The van der Waals surface area contributed by atoms with Crippen molar-refractivity contribution in [2.75, 3.05) is 33.9 Å². The van der Waals surface area contributed by atoms with Crippen LogP contribution in [0.2, 0.25) is 0 Å². The maximum atomic E-state index is 15.0.